The van der Waals surface area contributed by atoms with Crippen molar-refractivity contribution in [3.63, 3.8) is 0 Å². The summed E-state index contributed by atoms with van der Waals surface area (Å²) in [5.74, 6) is 3.53. The van der Waals surface area contributed by atoms with Gasteiger partial charge in [0.25, 0.3) is 0 Å². The molecule has 0 spiro atoms. The van der Waals surface area contributed by atoms with E-state index in [1.54, 1.807) is 0 Å². The van der Waals surface area contributed by atoms with Crippen LogP contribution in [0.25, 0.3) is 22.6 Å². The number of rotatable bonds is 13. The van der Waals surface area contributed by atoms with Gasteiger partial charge in [-0.2, -0.15) is 0 Å². The van der Waals surface area contributed by atoms with Crippen molar-refractivity contribution in [1.29, 1.82) is 0 Å². The fourth-order valence-corrected chi connectivity index (χ4v) is 5.63. The maximum absolute atomic E-state index is 5.72. The number of imidazole rings is 1. The van der Waals surface area contributed by atoms with E-state index in [1.807, 2.05) is 13.0 Å². The zero-order chi connectivity index (χ0) is 29.4. The molecule has 1 aromatic heterocycles. The highest BCUT2D eigenvalue weighted by Crippen LogP contribution is 2.35. The molecule has 0 bridgehead atoms. The zero-order valence-electron chi connectivity index (χ0n) is 25.0. The van der Waals surface area contributed by atoms with Crippen molar-refractivity contribution in [2.75, 3.05) is 13.4 Å². The highest BCUT2D eigenvalue weighted by Gasteiger charge is 2.23. The van der Waals surface area contributed by atoms with Crippen molar-refractivity contribution < 1.29 is 14.2 Å². The van der Waals surface area contributed by atoms with Gasteiger partial charge in [0, 0.05) is 37.3 Å². The summed E-state index contributed by atoms with van der Waals surface area (Å²) in [4.78, 5) is 7.83. The van der Waals surface area contributed by atoms with Gasteiger partial charge in [-0.15, -0.1) is 0 Å². The minimum Gasteiger partial charge on any atom is -0.494 e. The molecule has 0 radical (unpaired) electrons. The van der Waals surface area contributed by atoms with E-state index in [9.17, 15) is 0 Å². The first-order valence-corrected chi connectivity index (χ1v) is 15.2. The molecule has 6 heteroatoms. The molecule has 0 saturated carbocycles. The van der Waals surface area contributed by atoms with Gasteiger partial charge in [0.2, 0.25) is 6.79 Å². The Labute approximate surface area is 254 Å². The van der Waals surface area contributed by atoms with Crippen molar-refractivity contribution >= 4 is 0 Å². The molecule has 0 saturated heterocycles. The second kappa shape index (κ2) is 13.6. The van der Waals surface area contributed by atoms with Gasteiger partial charge in [-0.25, -0.2) is 4.98 Å². The number of fused-ring (bicyclic) bond motifs is 1. The van der Waals surface area contributed by atoms with E-state index in [1.165, 1.54) is 16.8 Å². The van der Waals surface area contributed by atoms with Crippen molar-refractivity contribution in [3.05, 3.63) is 120 Å². The molecule has 2 heterocycles. The third kappa shape index (κ3) is 6.76. The Kier molecular flexibility index (Phi) is 9.04. The summed E-state index contributed by atoms with van der Waals surface area (Å²) in [6, 6.07) is 35.9. The van der Waals surface area contributed by atoms with Crippen LogP contribution in [-0.2, 0) is 26.2 Å². The van der Waals surface area contributed by atoms with Crippen LogP contribution in [-0.4, -0.2) is 27.9 Å². The number of ether oxygens (including phenoxy) is 3. The molecule has 0 N–H and O–H groups in total. The number of nitrogens with zero attached hydrogens (tertiary/aromatic N) is 3. The standard InChI is InChI=1S/C37H39N3O3/c1-3-5-22-40-33(36(30-12-8-6-9-13-30)38-37(40)31-14-10-7-11-15-31)26-39(24-28-16-19-32(20-17-28)41-4-2)25-29-18-21-34-35(23-29)43-27-42-34/h6-21,23H,3-5,22,24-27H2,1-2H3. The predicted molar refractivity (Wildman–Crippen MR) is 171 cm³/mol. The van der Waals surface area contributed by atoms with E-state index >= 15 is 0 Å². The Bertz CT molecular complexity index is 1620. The Morgan fingerprint density at radius 2 is 1.42 bits per heavy atom. The molecule has 220 valence electrons. The average molecular weight is 574 g/mol. The lowest BCUT2D eigenvalue weighted by atomic mass is 10.1. The summed E-state index contributed by atoms with van der Waals surface area (Å²) in [5.41, 5.74) is 6.95. The molecule has 1 aliphatic heterocycles. The molecular formula is C37H39N3O3. The summed E-state index contributed by atoms with van der Waals surface area (Å²) in [6.07, 6.45) is 2.19. The van der Waals surface area contributed by atoms with E-state index < -0.39 is 0 Å². The largest absolute Gasteiger partial charge is 0.494 e. The van der Waals surface area contributed by atoms with Gasteiger partial charge in [-0.05, 0) is 48.7 Å². The zero-order valence-corrected chi connectivity index (χ0v) is 25.0. The van der Waals surface area contributed by atoms with Crippen LogP contribution < -0.4 is 14.2 Å². The molecule has 4 aromatic carbocycles. The summed E-state index contributed by atoms with van der Waals surface area (Å²) in [5, 5.41) is 0. The normalized spacial score (nSPS) is 12.2. The van der Waals surface area contributed by atoms with Crippen LogP contribution >= 0.6 is 0 Å². The van der Waals surface area contributed by atoms with Crippen molar-refractivity contribution in [2.24, 2.45) is 0 Å². The van der Waals surface area contributed by atoms with E-state index in [-0.39, 0.29) is 6.79 Å². The monoisotopic (exact) mass is 573 g/mol. The van der Waals surface area contributed by atoms with Crippen LogP contribution in [0, 0.1) is 0 Å². The number of hydrogen-bond acceptors (Lipinski definition) is 5. The van der Waals surface area contributed by atoms with Gasteiger partial charge < -0.3 is 18.8 Å². The molecule has 6 rings (SSSR count). The summed E-state index contributed by atoms with van der Waals surface area (Å²) in [6.45, 7) is 8.35. The average Bonchev–Trinajstić information content (AvgIpc) is 3.66. The molecule has 6 nitrogen and oxygen atoms in total. The minimum absolute atomic E-state index is 0.272. The van der Waals surface area contributed by atoms with E-state index in [4.69, 9.17) is 19.2 Å². The Balaban J connectivity index is 1.42. The Morgan fingerprint density at radius 1 is 0.744 bits per heavy atom. The van der Waals surface area contributed by atoms with E-state index in [0.717, 1.165) is 78.9 Å². The molecule has 43 heavy (non-hydrogen) atoms. The van der Waals surface area contributed by atoms with Crippen LogP contribution in [0.5, 0.6) is 17.2 Å². The molecule has 0 aliphatic carbocycles. The summed E-state index contributed by atoms with van der Waals surface area (Å²) < 4.78 is 19.5. The van der Waals surface area contributed by atoms with Crippen LogP contribution in [0.2, 0.25) is 0 Å². The third-order valence-electron chi connectivity index (χ3n) is 7.74. The van der Waals surface area contributed by atoms with Gasteiger partial charge in [-0.3, -0.25) is 4.90 Å². The van der Waals surface area contributed by atoms with E-state index in [2.05, 4.69) is 113 Å². The van der Waals surface area contributed by atoms with Gasteiger partial charge in [0.1, 0.15) is 11.6 Å². The lowest BCUT2D eigenvalue weighted by Crippen LogP contribution is -2.24. The third-order valence-corrected chi connectivity index (χ3v) is 7.74. The van der Waals surface area contributed by atoms with Crippen molar-refractivity contribution in [1.82, 2.24) is 14.5 Å². The van der Waals surface area contributed by atoms with Gasteiger partial charge >= 0.3 is 0 Å². The lowest BCUT2D eigenvalue weighted by Gasteiger charge is -2.25. The first-order chi connectivity index (χ1) is 21.2. The smallest absolute Gasteiger partial charge is 0.231 e. The van der Waals surface area contributed by atoms with Crippen molar-refractivity contribution in [2.45, 2.75) is 52.9 Å². The fourth-order valence-electron chi connectivity index (χ4n) is 5.63. The predicted octanol–water partition coefficient (Wildman–Crippen LogP) is 8.35. The van der Waals surface area contributed by atoms with Crippen LogP contribution in [0.4, 0.5) is 0 Å². The van der Waals surface area contributed by atoms with Gasteiger partial charge in [0.15, 0.2) is 11.5 Å². The maximum atomic E-state index is 5.72. The number of aromatic nitrogens is 2. The number of benzene rings is 4. The van der Waals surface area contributed by atoms with Gasteiger partial charge in [-0.1, -0.05) is 92.2 Å². The fraction of sp³-hybridized carbons (Fsp3) is 0.270. The number of hydrogen-bond donors (Lipinski definition) is 0. The van der Waals surface area contributed by atoms with Crippen molar-refractivity contribution in [3.8, 4) is 39.9 Å². The molecule has 1 aliphatic rings. The van der Waals surface area contributed by atoms with Crippen LogP contribution in [0.1, 0.15) is 43.5 Å². The van der Waals surface area contributed by atoms with E-state index in [0.29, 0.717) is 6.61 Å². The van der Waals surface area contributed by atoms with Crippen LogP contribution in [0.15, 0.2) is 103 Å². The highest BCUT2D eigenvalue weighted by atomic mass is 16.7. The summed E-state index contributed by atoms with van der Waals surface area (Å²) >= 11 is 0. The second-order valence-electron chi connectivity index (χ2n) is 10.9. The molecule has 0 fully saturated rings. The molecule has 5 aromatic rings. The molecule has 0 unspecified atom stereocenters. The highest BCUT2D eigenvalue weighted by molar-refractivity contribution is 5.68. The Morgan fingerprint density at radius 3 is 2.14 bits per heavy atom. The SMILES string of the molecule is CCCCn1c(-c2ccccc2)nc(-c2ccccc2)c1CN(Cc1ccc(OCC)cc1)Cc1ccc2c(c1)OCO2. The number of unbranched alkanes of at least 4 members (excludes halogenated alkanes) is 1. The lowest BCUT2D eigenvalue weighted by molar-refractivity contribution is 0.174. The maximum Gasteiger partial charge on any atom is 0.231 e. The first kappa shape index (κ1) is 28.6. The topological polar surface area (TPSA) is 48.8 Å². The first-order valence-electron chi connectivity index (χ1n) is 15.2. The second-order valence-corrected chi connectivity index (χ2v) is 10.9. The Hall–Kier alpha value is -4.55. The molecule has 0 atom stereocenters. The molecule has 0 amide bonds. The van der Waals surface area contributed by atoms with Gasteiger partial charge in [0.05, 0.1) is 18.0 Å². The van der Waals surface area contributed by atoms with Crippen LogP contribution in [0.3, 0.4) is 0 Å². The summed E-state index contributed by atoms with van der Waals surface area (Å²) in [7, 11) is 0. The quantitative estimate of drug-likeness (QED) is 0.142. The molecular weight excluding hydrogens is 534 g/mol. The minimum atomic E-state index is 0.272.